The minimum absolute atomic E-state index is 0.0947. The fraction of sp³-hybridized carbons (Fsp3) is 0.917. The van der Waals surface area contributed by atoms with Crippen molar-refractivity contribution in [3.05, 3.63) is 0 Å². The maximum absolute atomic E-state index is 11.0. The Morgan fingerprint density at radius 3 is 2.41 bits per heavy atom. The number of aliphatic hydroxyl groups excluding tert-OH is 1. The van der Waals surface area contributed by atoms with Crippen molar-refractivity contribution in [2.24, 2.45) is 0 Å². The normalized spacial score (nSPS) is 10.8. The van der Waals surface area contributed by atoms with Crippen LogP contribution in [0.4, 0.5) is 0 Å². The Morgan fingerprint density at radius 1 is 1.24 bits per heavy atom. The zero-order chi connectivity index (χ0) is 12.9. The quantitative estimate of drug-likeness (QED) is 0.423. The van der Waals surface area contributed by atoms with Crippen LogP contribution in [0.1, 0.15) is 39.5 Å². The number of rotatable bonds is 11. The van der Waals surface area contributed by atoms with E-state index in [1.54, 1.807) is 0 Å². The Bertz CT molecular complexity index is 181. The number of nitrogens with one attached hydrogen (secondary N) is 1. The summed E-state index contributed by atoms with van der Waals surface area (Å²) in [5, 5.41) is 11.3. The van der Waals surface area contributed by atoms with Crippen LogP contribution in [0.2, 0.25) is 0 Å². The molecule has 0 saturated carbocycles. The number of aliphatic hydroxyl groups is 1. The van der Waals surface area contributed by atoms with E-state index in [4.69, 9.17) is 14.6 Å². The third-order valence-corrected chi connectivity index (χ3v) is 2.23. The van der Waals surface area contributed by atoms with Crippen LogP contribution < -0.4 is 5.32 Å². The van der Waals surface area contributed by atoms with E-state index in [0.29, 0.717) is 19.8 Å². The summed E-state index contributed by atoms with van der Waals surface area (Å²) in [5.74, 6) is -0.0985. The minimum atomic E-state index is -0.127. The molecule has 5 heteroatoms. The van der Waals surface area contributed by atoms with E-state index in [0.717, 1.165) is 19.3 Å². The van der Waals surface area contributed by atoms with Crippen LogP contribution in [0.15, 0.2) is 0 Å². The lowest BCUT2D eigenvalue weighted by Crippen LogP contribution is -2.25. The van der Waals surface area contributed by atoms with Crippen molar-refractivity contribution >= 4 is 5.91 Å². The summed E-state index contributed by atoms with van der Waals surface area (Å²) < 4.78 is 10.8. The molecule has 0 fully saturated rings. The molecule has 0 radical (unpaired) electrons. The summed E-state index contributed by atoms with van der Waals surface area (Å²) in [6, 6.07) is 0. The van der Waals surface area contributed by atoms with Gasteiger partial charge >= 0.3 is 0 Å². The molecule has 0 aromatic carbocycles. The van der Waals surface area contributed by atoms with E-state index in [1.165, 1.54) is 0 Å². The average Bonchev–Trinajstić information content (AvgIpc) is 2.29. The van der Waals surface area contributed by atoms with Gasteiger partial charge in [0.2, 0.25) is 5.91 Å². The fourth-order valence-electron chi connectivity index (χ4n) is 1.44. The van der Waals surface area contributed by atoms with Gasteiger partial charge in [-0.25, -0.2) is 0 Å². The third-order valence-electron chi connectivity index (χ3n) is 2.23. The van der Waals surface area contributed by atoms with Gasteiger partial charge < -0.3 is 19.9 Å². The molecule has 0 spiro atoms. The molecule has 5 nitrogen and oxygen atoms in total. The number of amides is 1. The monoisotopic (exact) mass is 247 g/mol. The Morgan fingerprint density at radius 2 is 1.88 bits per heavy atom. The number of carbonyl (C=O) groups is 1. The van der Waals surface area contributed by atoms with Gasteiger partial charge in [-0.2, -0.15) is 0 Å². The summed E-state index contributed by atoms with van der Waals surface area (Å²) in [6.45, 7) is 5.74. The second-order valence-electron chi connectivity index (χ2n) is 3.66. The Labute approximate surface area is 103 Å². The molecule has 0 heterocycles. The summed E-state index contributed by atoms with van der Waals surface area (Å²) >= 11 is 0. The SMILES string of the molecule is CCOC(CCCCNC(=O)CCO)OCC. The van der Waals surface area contributed by atoms with Gasteiger partial charge in [0.1, 0.15) is 0 Å². The maximum Gasteiger partial charge on any atom is 0.222 e. The highest BCUT2D eigenvalue weighted by atomic mass is 16.7. The van der Waals surface area contributed by atoms with E-state index in [-0.39, 0.29) is 25.2 Å². The summed E-state index contributed by atoms with van der Waals surface area (Å²) in [6.07, 6.45) is 2.74. The first-order valence-electron chi connectivity index (χ1n) is 6.35. The van der Waals surface area contributed by atoms with Crippen molar-refractivity contribution in [3.63, 3.8) is 0 Å². The minimum Gasteiger partial charge on any atom is -0.396 e. The molecule has 0 aromatic heterocycles. The van der Waals surface area contributed by atoms with Crippen LogP contribution >= 0.6 is 0 Å². The zero-order valence-electron chi connectivity index (χ0n) is 10.9. The summed E-state index contributed by atoms with van der Waals surface area (Å²) in [5.41, 5.74) is 0. The molecule has 0 rings (SSSR count). The smallest absolute Gasteiger partial charge is 0.222 e. The van der Waals surface area contributed by atoms with Crippen molar-refractivity contribution in [3.8, 4) is 0 Å². The fourth-order valence-corrected chi connectivity index (χ4v) is 1.44. The molecule has 0 aliphatic heterocycles. The zero-order valence-corrected chi connectivity index (χ0v) is 10.9. The Balaban J connectivity index is 3.44. The lowest BCUT2D eigenvalue weighted by Gasteiger charge is -2.16. The standard InChI is InChI=1S/C12H25NO4/c1-3-16-12(17-4-2)7-5-6-9-13-11(15)8-10-14/h12,14H,3-10H2,1-2H3,(H,13,15). The predicted molar refractivity (Wildman–Crippen MR) is 65.6 cm³/mol. The molecule has 0 aromatic rings. The number of ether oxygens (including phenoxy) is 2. The van der Waals surface area contributed by atoms with Gasteiger partial charge in [0, 0.05) is 26.2 Å². The van der Waals surface area contributed by atoms with E-state index in [2.05, 4.69) is 5.32 Å². The molecular formula is C12H25NO4. The maximum atomic E-state index is 11.0. The van der Waals surface area contributed by atoms with Crippen LogP contribution in [0.5, 0.6) is 0 Å². The van der Waals surface area contributed by atoms with Crippen LogP contribution in [0.25, 0.3) is 0 Å². The first kappa shape index (κ1) is 16.4. The average molecular weight is 247 g/mol. The molecule has 17 heavy (non-hydrogen) atoms. The number of unbranched alkanes of at least 4 members (excludes halogenated alkanes) is 1. The second-order valence-corrected chi connectivity index (χ2v) is 3.66. The summed E-state index contributed by atoms with van der Waals surface area (Å²) in [4.78, 5) is 11.0. The Kier molecular flexibility index (Phi) is 11.4. The Hall–Kier alpha value is -0.650. The molecule has 0 atom stereocenters. The first-order chi connectivity index (χ1) is 8.24. The van der Waals surface area contributed by atoms with Gasteiger partial charge in [-0.1, -0.05) is 0 Å². The molecule has 1 amide bonds. The van der Waals surface area contributed by atoms with Gasteiger partial charge in [-0.05, 0) is 33.1 Å². The molecular weight excluding hydrogens is 222 g/mol. The number of carbonyl (C=O) groups excluding carboxylic acids is 1. The molecule has 102 valence electrons. The molecule has 0 unspecified atom stereocenters. The van der Waals surface area contributed by atoms with Gasteiger partial charge in [-0.3, -0.25) is 4.79 Å². The highest BCUT2D eigenvalue weighted by molar-refractivity contribution is 5.75. The van der Waals surface area contributed by atoms with E-state index >= 15 is 0 Å². The molecule has 0 saturated heterocycles. The molecule has 2 N–H and O–H groups in total. The lowest BCUT2D eigenvalue weighted by molar-refractivity contribution is -0.140. The molecule has 0 aliphatic rings. The topological polar surface area (TPSA) is 67.8 Å². The highest BCUT2D eigenvalue weighted by Crippen LogP contribution is 2.06. The van der Waals surface area contributed by atoms with Gasteiger partial charge in [0.25, 0.3) is 0 Å². The van der Waals surface area contributed by atoms with Gasteiger partial charge in [0.05, 0.1) is 6.61 Å². The second kappa shape index (κ2) is 11.8. The summed E-state index contributed by atoms with van der Waals surface area (Å²) in [7, 11) is 0. The van der Waals surface area contributed by atoms with Crippen LogP contribution in [-0.4, -0.2) is 43.7 Å². The van der Waals surface area contributed by atoms with Crippen molar-refractivity contribution in [1.82, 2.24) is 5.32 Å². The van der Waals surface area contributed by atoms with Crippen molar-refractivity contribution in [2.45, 2.75) is 45.8 Å². The van der Waals surface area contributed by atoms with E-state index < -0.39 is 0 Å². The van der Waals surface area contributed by atoms with Crippen LogP contribution in [0.3, 0.4) is 0 Å². The van der Waals surface area contributed by atoms with Crippen LogP contribution in [0, 0.1) is 0 Å². The van der Waals surface area contributed by atoms with Gasteiger partial charge in [0.15, 0.2) is 6.29 Å². The van der Waals surface area contributed by atoms with Crippen molar-refractivity contribution in [1.29, 1.82) is 0 Å². The highest BCUT2D eigenvalue weighted by Gasteiger charge is 2.07. The van der Waals surface area contributed by atoms with Gasteiger partial charge in [-0.15, -0.1) is 0 Å². The van der Waals surface area contributed by atoms with E-state index in [1.807, 2.05) is 13.8 Å². The third kappa shape index (κ3) is 10.2. The van der Waals surface area contributed by atoms with Crippen molar-refractivity contribution < 1.29 is 19.4 Å². The largest absolute Gasteiger partial charge is 0.396 e. The van der Waals surface area contributed by atoms with Crippen LogP contribution in [-0.2, 0) is 14.3 Å². The predicted octanol–water partition coefficient (Wildman–Crippen LogP) is 1.05. The number of hydrogen-bond donors (Lipinski definition) is 2. The van der Waals surface area contributed by atoms with Crippen molar-refractivity contribution in [2.75, 3.05) is 26.4 Å². The molecule has 0 bridgehead atoms. The van der Waals surface area contributed by atoms with E-state index in [9.17, 15) is 4.79 Å². The number of hydrogen-bond acceptors (Lipinski definition) is 4. The lowest BCUT2D eigenvalue weighted by atomic mass is 10.2. The molecule has 0 aliphatic carbocycles. The first-order valence-corrected chi connectivity index (χ1v) is 6.35.